The van der Waals surface area contributed by atoms with Crippen LogP contribution in [0.15, 0.2) is 35.6 Å². The van der Waals surface area contributed by atoms with Crippen molar-refractivity contribution in [2.45, 2.75) is 0 Å². The average molecular weight is 128 g/mol. The lowest BCUT2D eigenvalue weighted by molar-refractivity contribution is 1.48. The van der Waals surface area contributed by atoms with Crippen LogP contribution < -0.4 is 0 Å². The molecule has 10 heavy (non-hydrogen) atoms. The Morgan fingerprint density at radius 3 is 2.50 bits per heavy atom. The Morgan fingerprint density at radius 2 is 2.10 bits per heavy atom. The molecule has 0 amide bonds. The second-order valence-electron chi connectivity index (χ2n) is 1.75. The van der Waals surface area contributed by atoms with Gasteiger partial charge in [-0.05, 0) is 5.57 Å². The molecule has 0 spiro atoms. The first kappa shape index (κ1) is 6.32. The highest BCUT2D eigenvalue weighted by molar-refractivity contribution is 5.50. The molecule has 1 aliphatic rings. The predicted octanol–water partition coefficient (Wildman–Crippen LogP) is 1.81. The minimum Gasteiger partial charge on any atom is -0.226 e. The van der Waals surface area contributed by atoms with Gasteiger partial charge in [0.15, 0.2) is 0 Å². The minimum absolute atomic E-state index is 0.157. The van der Waals surface area contributed by atoms with Crippen molar-refractivity contribution in [1.82, 2.24) is 0 Å². The quantitative estimate of drug-likeness (QED) is 0.361. The molecule has 46 valence electrons. The predicted molar refractivity (Wildman–Crippen MR) is 37.5 cm³/mol. The summed E-state index contributed by atoms with van der Waals surface area (Å²) in [5, 5.41) is 8.40. The molecule has 0 fully saturated rings. The van der Waals surface area contributed by atoms with Crippen molar-refractivity contribution in [3.63, 3.8) is 0 Å². The van der Waals surface area contributed by atoms with Gasteiger partial charge in [0.05, 0.1) is 12.6 Å². The van der Waals surface area contributed by atoms with Gasteiger partial charge in [0, 0.05) is 0 Å². The Kier molecular flexibility index (Phi) is 1.68. The number of hydrogen-bond acceptors (Lipinski definition) is 1. The van der Waals surface area contributed by atoms with E-state index in [1.807, 2.05) is 6.07 Å². The summed E-state index contributed by atoms with van der Waals surface area (Å²) in [6, 6.07) is 1.82. The summed E-state index contributed by atoms with van der Waals surface area (Å²) in [7, 11) is 0. The summed E-state index contributed by atoms with van der Waals surface area (Å²) >= 11 is 0. The van der Waals surface area contributed by atoms with Crippen LogP contribution in [0.25, 0.3) is 4.85 Å². The van der Waals surface area contributed by atoms with Gasteiger partial charge in [-0.25, -0.2) is 10.1 Å². The number of hydrogen-bond donors (Lipinski definition) is 0. The third-order valence-corrected chi connectivity index (χ3v) is 1.15. The van der Waals surface area contributed by atoms with Crippen LogP contribution >= 0.6 is 0 Å². The molecule has 0 aromatic rings. The van der Waals surface area contributed by atoms with Gasteiger partial charge < -0.3 is 0 Å². The van der Waals surface area contributed by atoms with Crippen LogP contribution in [-0.4, -0.2) is 0 Å². The zero-order chi connectivity index (χ0) is 7.40. The minimum atomic E-state index is 0.157. The topological polar surface area (TPSA) is 28.1 Å². The molecule has 1 rings (SSSR count). The third-order valence-electron chi connectivity index (χ3n) is 1.15. The van der Waals surface area contributed by atoms with Gasteiger partial charge in [-0.3, -0.25) is 0 Å². The first-order valence-corrected chi connectivity index (χ1v) is 2.75. The summed E-state index contributed by atoms with van der Waals surface area (Å²) in [4.78, 5) is 3.05. The van der Waals surface area contributed by atoms with Crippen LogP contribution in [0.4, 0.5) is 0 Å². The molecule has 0 bridgehead atoms. The lowest BCUT2D eigenvalue weighted by Crippen LogP contribution is -1.73. The van der Waals surface area contributed by atoms with E-state index in [0.29, 0.717) is 5.57 Å². The second kappa shape index (κ2) is 2.66. The van der Waals surface area contributed by atoms with Gasteiger partial charge in [0.25, 0.3) is 5.70 Å². The SMILES string of the molecule is [C-]#[N+]C(C#N)=C1C=CC=C1. The first-order valence-electron chi connectivity index (χ1n) is 2.75. The fraction of sp³-hybridized carbons (Fsp3) is 0. The van der Waals surface area contributed by atoms with Crippen LogP contribution in [0, 0.1) is 17.9 Å². The van der Waals surface area contributed by atoms with Crippen LogP contribution in [0.3, 0.4) is 0 Å². The fourth-order valence-corrected chi connectivity index (χ4v) is 0.686. The Hall–Kier alpha value is -1.80. The molecular weight excluding hydrogens is 124 g/mol. The molecule has 2 nitrogen and oxygen atoms in total. The largest absolute Gasteiger partial charge is 0.268 e. The maximum Gasteiger partial charge on any atom is 0.268 e. The molecule has 0 saturated carbocycles. The van der Waals surface area contributed by atoms with Gasteiger partial charge in [-0.15, -0.1) is 0 Å². The molecular formula is C8H4N2. The second-order valence-corrected chi connectivity index (χ2v) is 1.75. The molecule has 0 saturated heterocycles. The highest BCUT2D eigenvalue weighted by atomic mass is 14.7. The molecule has 0 unspecified atom stereocenters. The van der Waals surface area contributed by atoms with Crippen molar-refractivity contribution in [2.75, 3.05) is 0 Å². The van der Waals surface area contributed by atoms with Crippen molar-refractivity contribution in [1.29, 1.82) is 5.26 Å². The van der Waals surface area contributed by atoms with E-state index in [9.17, 15) is 0 Å². The van der Waals surface area contributed by atoms with Crippen LogP contribution in [-0.2, 0) is 0 Å². The Morgan fingerprint density at radius 1 is 1.50 bits per heavy atom. The Balaban J connectivity index is 3.10. The van der Waals surface area contributed by atoms with Gasteiger partial charge >= 0.3 is 0 Å². The van der Waals surface area contributed by atoms with Crippen LogP contribution in [0.5, 0.6) is 0 Å². The van der Waals surface area contributed by atoms with Gasteiger partial charge in [0.2, 0.25) is 0 Å². The van der Waals surface area contributed by atoms with E-state index in [1.165, 1.54) is 0 Å². The molecule has 0 aromatic heterocycles. The molecule has 0 heterocycles. The van der Waals surface area contributed by atoms with Crippen molar-refractivity contribution in [3.05, 3.63) is 47.0 Å². The summed E-state index contributed by atoms with van der Waals surface area (Å²) < 4.78 is 0. The van der Waals surface area contributed by atoms with Crippen LogP contribution in [0.2, 0.25) is 0 Å². The van der Waals surface area contributed by atoms with Crippen molar-refractivity contribution in [2.24, 2.45) is 0 Å². The summed E-state index contributed by atoms with van der Waals surface area (Å²) in [6.45, 7) is 6.60. The molecule has 0 N–H and O–H groups in total. The summed E-state index contributed by atoms with van der Waals surface area (Å²) in [6.07, 6.45) is 7.10. The Labute approximate surface area is 59.2 Å². The number of nitriles is 1. The maximum atomic E-state index is 8.40. The summed E-state index contributed by atoms with van der Waals surface area (Å²) in [5.41, 5.74) is 0.863. The van der Waals surface area contributed by atoms with Gasteiger partial charge in [-0.1, -0.05) is 24.3 Å². The lowest BCUT2D eigenvalue weighted by Gasteiger charge is -1.85. The van der Waals surface area contributed by atoms with E-state index in [-0.39, 0.29) is 5.70 Å². The molecule has 0 aromatic carbocycles. The monoisotopic (exact) mass is 128 g/mol. The van der Waals surface area contributed by atoms with Gasteiger partial charge in [0.1, 0.15) is 0 Å². The zero-order valence-electron chi connectivity index (χ0n) is 5.20. The van der Waals surface area contributed by atoms with E-state index in [1.54, 1.807) is 24.3 Å². The molecule has 0 aliphatic heterocycles. The molecule has 0 atom stereocenters. The third kappa shape index (κ3) is 0.962. The maximum absolute atomic E-state index is 8.40. The lowest BCUT2D eigenvalue weighted by atomic mass is 10.2. The van der Waals surface area contributed by atoms with Crippen molar-refractivity contribution >= 4 is 0 Å². The molecule has 0 radical (unpaired) electrons. The van der Waals surface area contributed by atoms with Crippen molar-refractivity contribution < 1.29 is 0 Å². The van der Waals surface area contributed by atoms with E-state index in [0.717, 1.165) is 0 Å². The normalized spacial score (nSPS) is 12.8. The number of allylic oxidation sites excluding steroid dienone is 6. The van der Waals surface area contributed by atoms with Gasteiger partial charge in [-0.2, -0.15) is 0 Å². The van der Waals surface area contributed by atoms with E-state index >= 15 is 0 Å². The highest BCUT2D eigenvalue weighted by Crippen LogP contribution is 2.13. The average Bonchev–Trinajstić information content (AvgIpc) is 2.43. The van der Waals surface area contributed by atoms with E-state index in [4.69, 9.17) is 11.8 Å². The van der Waals surface area contributed by atoms with E-state index in [2.05, 4.69) is 4.85 Å². The summed E-state index contributed by atoms with van der Waals surface area (Å²) in [5.74, 6) is 0. The first-order chi connectivity index (χ1) is 4.88. The molecule has 2 heteroatoms. The van der Waals surface area contributed by atoms with Crippen LogP contribution in [0.1, 0.15) is 0 Å². The van der Waals surface area contributed by atoms with E-state index < -0.39 is 0 Å². The zero-order valence-corrected chi connectivity index (χ0v) is 5.20. The smallest absolute Gasteiger partial charge is 0.226 e. The Bertz CT molecular complexity index is 275. The standard InChI is InChI=1S/C8H4N2/c1-10-8(6-9)7-4-2-3-5-7/h2-5H. The number of nitrogens with zero attached hydrogens (tertiary/aromatic N) is 2. The fourth-order valence-electron chi connectivity index (χ4n) is 0.686. The van der Waals surface area contributed by atoms with Crippen molar-refractivity contribution in [3.8, 4) is 6.07 Å². The number of rotatable bonds is 0. The highest BCUT2D eigenvalue weighted by Gasteiger charge is 2.00. The molecule has 1 aliphatic carbocycles.